The minimum absolute atomic E-state index is 0.103. The lowest BCUT2D eigenvalue weighted by Crippen LogP contribution is -2.46. The largest absolute Gasteiger partial charge is 0.297 e. The van der Waals surface area contributed by atoms with Crippen molar-refractivity contribution in [1.29, 1.82) is 0 Å². The number of fused-ring (bicyclic) bond motifs is 2. The second-order valence-corrected chi connectivity index (χ2v) is 5.21. The second-order valence-electron chi connectivity index (χ2n) is 5.21. The zero-order valence-corrected chi connectivity index (χ0v) is 8.55. The van der Waals surface area contributed by atoms with E-state index in [2.05, 4.69) is 26.2 Å². The van der Waals surface area contributed by atoms with Crippen LogP contribution in [0.15, 0.2) is 0 Å². The van der Waals surface area contributed by atoms with E-state index in [1.54, 1.807) is 0 Å². The van der Waals surface area contributed by atoms with Crippen LogP contribution in [0, 0.1) is 16.7 Å². The number of ketones is 1. The minimum atomic E-state index is -0.144. The highest BCUT2D eigenvalue weighted by molar-refractivity contribution is 5.94. The molecular formula is C10H18N2O. The molecule has 13 heavy (non-hydrogen) atoms. The van der Waals surface area contributed by atoms with Crippen LogP contribution in [0.2, 0.25) is 0 Å². The highest BCUT2D eigenvalue weighted by Gasteiger charge is 2.65. The molecule has 0 aliphatic heterocycles. The van der Waals surface area contributed by atoms with Crippen molar-refractivity contribution in [2.75, 3.05) is 0 Å². The molecule has 3 atom stereocenters. The lowest BCUT2D eigenvalue weighted by atomic mass is 9.70. The number of hydrazine groups is 1. The molecule has 2 saturated carbocycles. The number of rotatable bonds is 1. The smallest absolute Gasteiger partial charge is 0.157 e. The van der Waals surface area contributed by atoms with E-state index in [4.69, 9.17) is 5.84 Å². The molecule has 2 bridgehead atoms. The molecule has 0 heterocycles. The van der Waals surface area contributed by atoms with Crippen LogP contribution in [0.1, 0.15) is 33.6 Å². The average Bonchev–Trinajstić information content (AvgIpc) is 2.36. The summed E-state index contributed by atoms with van der Waals surface area (Å²) >= 11 is 0. The van der Waals surface area contributed by atoms with Crippen LogP contribution < -0.4 is 11.3 Å². The number of nitrogens with two attached hydrogens (primary N) is 1. The molecule has 0 aromatic carbocycles. The Labute approximate surface area is 79.0 Å². The molecule has 2 rings (SSSR count). The lowest BCUT2D eigenvalue weighted by molar-refractivity contribution is -0.130. The number of hydrogen-bond donors (Lipinski definition) is 2. The van der Waals surface area contributed by atoms with Gasteiger partial charge < -0.3 is 0 Å². The van der Waals surface area contributed by atoms with Crippen LogP contribution in [-0.2, 0) is 4.79 Å². The third-order valence-corrected chi connectivity index (χ3v) is 4.71. The van der Waals surface area contributed by atoms with Gasteiger partial charge in [0.2, 0.25) is 0 Å². The van der Waals surface area contributed by atoms with Crippen molar-refractivity contribution in [1.82, 2.24) is 5.43 Å². The maximum Gasteiger partial charge on any atom is 0.157 e. The van der Waals surface area contributed by atoms with Gasteiger partial charge in [0, 0.05) is 5.41 Å². The number of nitrogens with one attached hydrogen (secondary N) is 1. The van der Waals surface area contributed by atoms with Crippen LogP contribution in [0.4, 0.5) is 0 Å². The summed E-state index contributed by atoms with van der Waals surface area (Å²) in [6.07, 6.45) is 2.16. The molecule has 0 saturated heterocycles. The first-order chi connectivity index (χ1) is 5.95. The minimum Gasteiger partial charge on any atom is -0.297 e. The number of carbonyl (C=O) groups excluding carboxylic acids is 1. The average molecular weight is 182 g/mol. The topological polar surface area (TPSA) is 55.1 Å². The van der Waals surface area contributed by atoms with Gasteiger partial charge in [0.05, 0.1) is 6.04 Å². The van der Waals surface area contributed by atoms with Gasteiger partial charge in [0.15, 0.2) is 5.78 Å². The van der Waals surface area contributed by atoms with Crippen molar-refractivity contribution in [2.45, 2.75) is 39.7 Å². The summed E-state index contributed by atoms with van der Waals surface area (Å²) in [5, 5.41) is 0. The Morgan fingerprint density at radius 2 is 2.08 bits per heavy atom. The molecule has 2 aliphatic carbocycles. The van der Waals surface area contributed by atoms with E-state index < -0.39 is 0 Å². The zero-order chi connectivity index (χ0) is 9.85. The Morgan fingerprint density at radius 1 is 1.46 bits per heavy atom. The van der Waals surface area contributed by atoms with E-state index in [0.717, 1.165) is 12.8 Å². The normalized spacial score (nSPS) is 47.2. The van der Waals surface area contributed by atoms with E-state index >= 15 is 0 Å². The third kappa shape index (κ3) is 0.796. The predicted octanol–water partition coefficient (Wildman–Crippen LogP) is 0.844. The molecule has 2 aliphatic rings. The summed E-state index contributed by atoms with van der Waals surface area (Å²) in [5.74, 6) is 6.16. The van der Waals surface area contributed by atoms with Crippen molar-refractivity contribution in [3.8, 4) is 0 Å². The third-order valence-electron chi connectivity index (χ3n) is 4.71. The van der Waals surface area contributed by atoms with Crippen molar-refractivity contribution in [2.24, 2.45) is 22.6 Å². The van der Waals surface area contributed by atoms with Gasteiger partial charge in [-0.05, 0) is 24.2 Å². The molecule has 0 aromatic rings. The molecule has 74 valence electrons. The Hall–Kier alpha value is -0.410. The number of hydrogen-bond acceptors (Lipinski definition) is 3. The lowest BCUT2D eigenvalue weighted by Gasteiger charge is -2.32. The standard InChI is InChI=1S/C10H18N2O/c1-9(2)6-4-5-10(9,3)8(13)7(6)12-11/h6-7,12H,4-5,11H2,1-3H3. The van der Waals surface area contributed by atoms with Crippen LogP contribution in [0.25, 0.3) is 0 Å². The maximum absolute atomic E-state index is 12.0. The molecule has 0 spiro atoms. The van der Waals surface area contributed by atoms with E-state index in [-0.39, 0.29) is 16.9 Å². The van der Waals surface area contributed by atoms with Gasteiger partial charge in [-0.15, -0.1) is 0 Å². The summed E-state index contributed by atoms with van der Waals surface area (Å²) < 4.78 is 0. The van der Waals surface area contributed by atoms with Crippen molar-refractivity contribution >= 4 is 5.78 Å². The van der Waals surface area contributed by atoms with Gasteiger partial charge >= 0.3 is 0 Å². The first-order valence-electron chi connectivity index (χ1n) is 4.95. The first-order valence-corrected chi connectivity index (χ1v) is 4.95. The predicted molar refractivity (Wildman–Crippen MR) is 50.7 cm³/mol. The van der Waals surface area contributed by atoms with Gasteiger partial charge in [0.1, 0.15) is 0 Å². The second kappa shape index (κ2) is 2.34. The van der Waals surface area contributed by atoms with E-state index in [1.807, 2.05) is 0 Å². The van der Waals surface area contributed by atoms with Gasteiger partial charge in [0.25, 0.3) is 0 Å². The molecule has 0 aromatic heterocycles. The van der Waals surface area contributed by atoms with E-state index in [0.29, 0.717) is 11.7 Å². The molecule has 2 fully saturated rings. The fourth-order valence-electron chi connectivity index (χ4n) is 3.28. The van der Waals surface area contributed by atoms with E-state index in [1.165, 1.54) is 0 Å². The van der Waals surface area contributed by atoms with Crippen molar-refractivity contribution < 1.29 is 4.79 Å². The van der Waals surface area contributed by atoms with Crippen LogP contribution in [0.5, 0.6) is 0 Å². The first kappa shape index (κ1) is 9.16. The summed E-state index contributed by atoms with van der Waals surface area (Å²) in [7, 11) is 0. The van der Waals surface area contributed by atoms with Crippen molar-refractivity contribution in [3.05, 3.63) is 0 Å². The Morgan fingerprint density at radius 3 is 2.38 bits per heavy atom. The van der Waals surface area contributed by atoms with Gasteiger partial charge in [-0.2, -0.15) is 0 Å². The highest BCUT2D eigenvalue weighted by atomic mass is 16.1. The van der Waals surface area contributed by atoms with Crippen LogP contribution in [0.3, 0.4) is 0 Å². The molecule has 3 nitrogen and oxygen atoms in total. The van der Waals surface area contributed by atoms with Crippen LogP contribution in [-0.4, -0.2) is 11.8 Å². The van der Waals surface area contributed by atoms with E-state index in [9.17, 15) is 4.79 Å². The van der Waals surface area contributed by atoms with Gasteiger partial charge in [-0.25, -0.2) is 5.43 Å². The Kier molecular flexibility index (Phi) is 1.65. The van der Waals surface area contributed by atoms with Gasteiger partial charge in [-0.1, -0.05) is 20.8 Å². The quantitative estimate of drug-likeness (QED) is 0.467. The number of Topliss-reactive ketones (excluding diaryl/α,β-unsaturated/α-hetero) is 1. The Balaban J connectivity index is 2.44. The molecule has 3 N–H and O–H groups in total. The summed E-state index contributed by atoms with van der Waals surface area (Å²) in [4.78, 5) is 12.0. The fourth-order valence-corrected chi connectivity index (χ4v) is 3.28. The van der Waals surface area contributed by atoms with Gasteiger partial charge in [-0.3, -0.25) is 10.6 Å². The monoisotopic (exact) mass is 182 g/mol. The number of carbonyl (C=O) groups is 1. The molecular weight excluding hydrogens is 164 g/mol. The molecule has 3 unspecified atom stereocenters. The fraction of sp³-hybridized carbons (Fsp3) is 0.900. The SMILES string of the molecule is CC12CCC(C(NN)C1=O)C2(C)C. The molecule has 0 radical (unpaired) electrons. The summed E-state index contributed by atoms with van der Waals surface area (Å²) in [6, 6.07) is -0.103. The maximum atomic E-state index is 12.0. The zero-order valence-electron chi connectivity index (χ0n) is 8.55. The highest BCUT2D eigenvalue weighted by Crippen LogP contribution is 2.63. The van der Waals surface area contributed by atoms with Crippen molar-refractivity contribution in [3.63, 3.8) is 0 Å². The molecule has 3 heteroatoms. The Bertz CT molecular complexity index is 262. The summed E-state index contributed by atoms with van der Waals surface area (Å²) in [5.41, 5.74) is 2.64. The summed E-state index contributed by atoms with van der Waals surface area (Å²) in [6.45, 7) is 6.48. The molecule has 0 amide bonds. The van der Waals surface area contributed by atoms with Crippen LogP contribution >= 0.6 is 0 Å².